The normalized spacial score (nSPS) is 11.1. The molecule has 0 saturated heterocycles. The third-order valence-corrected chi connectivity index (χ3v) is 3.44. The van der Waals surface area contributed by atoms with Crippen molar-refractivity contribution >= 4 is 51.9 Å². The first-order valence-corrected chi connectivity index (χ1v) is 7.34. The van der Waals surface area contributed by atoms with Crippen molar-refractivity contribution in [3.05, 3.63) is 64.1 Å². The minimum Gasteiger partial charge on any atom is -0.330 e. The van der Waals surface area contributed by atoms with Gasteiger partial charge in [-0.05, 0) is 42.9 Å². The van der Waals surface area contributed by atoms with Crippen molar-refractivity contribution in [2.45, 2.75) is 6.92 Å². The molecule has 0 aliphatic rings. The largest absolute Gasteiger partial charge is 0.330 e. The van der Waals surface area contributed by atoms with Crippen LogP contribution < -0.4 is 10.7 Å². The number of halogens is 2. The Labute approximate surface area is 139 Å². The van der Waals surface area contributed by atoms with Gasteiger partial charge in [0.1, 0.15) is 0 Å². The Morgan fingerprint density at radius 1 is 1.10 bits per heavy atom. The number of nitrogens with zero attached hydrogens (tertiary/aromatic N) is 1. The van der Waals surface area contributed by atoms with E-state index in [1.807, 2.05) is 37.3 Å². The van der Waals surface area contributed by atoms with Crippen LogP contribution in [0.25, 0.3) is 0 Å². The van der Waals surface area contributed by atoms with Gasteiger partial charge in [-0.1, -0.05) is 53.5 Å². The van der Waals surface area contributed by atoms with E-state index >= 15 is 0 Å². The quantitative estimate of drug-likeness (QED) is 0.484. The molecule has 2 rings (SSSR count). The van der Waals surface area contributed by atoms with Gasteiger partial charge >= 0.3 is 0 Å². The highest BCUT2D eigenvalue weighted by Crippen LogP contribution is 2.25. The average Bonchev–Trinajstić information content (AvgIpc) is 2.48. The average molecular weight is 338 g/mol. The number of anilines is 1. The van der Waals surface area contributed by atoms with Crippen molar-refractivity contribution < 1.29 is 0 Å². The molecule has 0 amide bonds. The number of rotatable bonds is 3. The molecule has 0 radical (unpaired) electrons. The van der Waals surface area contributed by atoms with Gasteiger partial charge < -0.3 is 5.32 Å². The van der Waals surface area contributed by atoms with Gasteiger partial charge in [0.2, 0.25) is 0 Å². The third-order valence-electron chi connectivity index (χ3n) is 2.70. The highest BCUT2D eigenvalue weighted by atomic mass is 35.5. The van der Waals surface area contributed by atoms with Crippen LogP contribution in [0, 0.1) is 0 Å². The van der Waals surface area contributed by atoms with E-state index < -0.39 is 0 Å². The zero-order valence-corrected chi connectivity index (χ0v) is 13.6. The molecule has 0 spiro atoms. The van der Waals surface area contributed by atoms with E-state index in [4.69, 9.17) is 35.4 Å². The lowest BCUT2D eigenvalue weighted by atomic mass is 10.1. The Morgan fingerprint density at radius 3 is 2.48 bits per heavy atom. The van der Waals surface area contributed by atoms with Crippen molar-refractivity contribution in [3.8, 4) is 0 Å². The van der Waals surface area contributed by atoms with Crippen molar-refractivity contribution in [2.24, 2.45) is 5.10 Å². The minimum atomic E-state index is 0.356. The summed E-state index contributed by atoms with van der Waals surface area (Å²) in [6.07, 6.45) is 0. The van der Waals surface area contributed by atoms with Crippen LogP contribution in [0.4, 0.5) is 5.69 Å². The first kappa shape index (κ1) is 15.8. The molecule has 0 saturated carbocycles. The summed E-state index contributed by atoms with van der Waals surface area (Å²) in [6.45, 7) is 1.90. The summed E-state index contributed by atoms with van der Waals surface area (Å²) in [7, 11) is 0. The minimum absolute atomic E-state index is 0.356. The van der Waals surface area contributed by atoms with Crippen LogP contribution in [-0.2, 0) is 0 Å². The van der Waals surface area contributed by atoms with Crippen molar-refractivity contribution in [1.29, 1.82) is 0 Å². The number of hydrogen-bond acceptors (Lipinski definition) is 2. The molecule has 0 bridgehead atoms. The highest BCUT2D eigenvalue weighted by Gasteiger charge is 2.03. The van der Waals surface area contributed by atoms with Crippen LogP contribution in [0.3, 0.4) is 0 Å². The molecule has 2 N–H and O–H groups in total. The Bertz CT molecular complexity index is 672. The lowest BCUT2D eigenvalue weighted by Gasteiger charge is -2.09. The van der Waals surface area contributed by atoms with Crippen LogP contribution >= 0.6 is 35.4 Å². The number of benzene rings is 2. The number of nitrogens with one attached hydrogen (secondary N) is 2. The molecule has 3 nitrogen and oxygen atoms in total. The summed E-state index contributed by atoms with van der Waals surface area (Å²) in [6, 6.07) is 15.0. The molecule has 0 heterocycles. The van der Waals surface area contributed by atoms with E-state index in [1.165, 1.54) is 0 Å². The van der Waals surface area contributed by atoms with Gasteiger partial charge in [-0.25, -0.2) is 0 Å². The molecule has 108 valence electrons. The molecule has 0 aromatic heterocycles. The lowest BCUT2D eigenvalue weighted by Crippen LogP contribution is -2.25. The van der Waals surface area contributed by atoms with Gasteiger partial charge in [0.05, 0.1) is 16.4 Å². The molecular formula is C15H13Cl2N3S. The van der Waals surface area contributed by atoms with E-state index in [1.54, 1.807) is 18.2 Å². The van der Waals surface area contributed by atoms with E-state index in [9.17, 15) is 0 Å². The summed E-state index contributed by atoms with van der Waals surface area (Å²) in [4.78, 5) is 0. The summed E-state index contributed by atoms with van der Waals surface area (Å²) >= 11 is 17.1. The first-order chi connectivity index (χ1) is 10.1. The van der Waals surface area contributed by atoms with Gasteiger partial charge in [-0.2, -0.15) is 5.10 Å². The van der Waals surface area contributed by atoms with Crippen LogP contribution in [-0.4, -0.2) is 10.8 Å². The summed E-state index contributed by atoms with van der Waals surface area (Å²) in [5.74, 6) is 0. The fraction of sp³-hybridized carbons (Fsp3) is 0.0667. The van der Waals surface area contributed by atoms with Crippen LogP contribution in [0.5, 0.6) is 0 Å². The van der Waals surface area contributed by atoms with E-state index in [0.29, 0.717) is 20.8 Å². The predicted molar refractivity (Wildman–Crippen MR) is 94.5 cm³/mol. The van der Waals surface area contributed by atoms with Gasteiger partial charge in [0.25, 0.3) is 0 Å². The van der Waals surface area contributed by atoms with E-state index in [-0.39, 0.29) is 0 Å². The SMILES string of the molecule is C/C(=N/NC(=S)Nc1ccc(Cl)cc1Cl)c1ccccc1. The topological polar surface area (TPSA) is 36.4 Å². The Balaban J connectivity index is 1.99. The van der Waals surface area contributed by atoms with Gasteiger partial charge in [0, 0.05) is 5.02 Å². The second-order valence-electron chi connectivity index (χ2n) is 4.25. The van der Waals surface area contributed by atoms with Crippen LogP contribution in [0.1, 0.15) is 12.5 Å². The van der Waals surface area contributed by atoms with Gasteiger partial charge in [-0.3, -0.25) is 5.43 Å². The van der Waals surface area contributed by atoms with Crippen molar-refractivity contribution in [2.75, 3.05) is 5.32 Å². The Morgan fingerprint density at radius 2 is 1.81 bits per heavy atom. The molecule has 2 aromatic rings. The van der Waals surface area contributed by atoms with Crippen LogP contribution in [0.2, 0.25) is 10.0 Å². The number of thiocarbonyl (C=S) groups is 1. The maximum Gasteiger partial charge on any atom is 0.191 e. The summed E-state index contributed by atoms with van der Waals surface area (Å²) < 4.78 is 0. The second kappa shape index (κ2) is 7.41. The van der Waals surface area contributed by atoms with E-state index in [0.717, 1.165) is 11.3 Å². The van der Waals surface area contributed by atoms with Crippen molar-refractivity contribution in [3.63, 3.8) is 0 Å². The van der Waals surface area contributed by atoms with Gasteiger partial charge in [-0.15, -0.1) is 0 Å². The first-order valence-electron chi connectivity index (χ1n) is 6.18. The molecular weight excluding hydrogens is 325 g/mol. The Hall–Kier alpha value is -1.62. The smallest absolute Gasteiger partial charge is 0.191 e. The van der Waals surface area contributed by atoms with Crippen molar-refractivity contribution in [1.82, 2.24) is 5.43 Å². The Kier molecular flexibility index (Phi) is 5.56. The summed E-state index contributed by atoms with van der Waals surface area (Å²) in [5.41, 5.74) is 5.32. The number of hydrogen-bond donors (Lipinski definition) is 2. The predicted octanol–water partition coefficient (Wildman–Crippen LogP) is 4.70. The standard InChI is InChI=1S/C15H13Cl2N3S/c1-10(11-5-3-2-4-6-11)19-20-15(21)18-14-8-7-12(16)9-13(14)17/h2-9H,1H3,(H2,18,20,21)/b19-10-. The highest BCUT2D eigenvalue weighted by molar-refractivity contribution is 7.80. The maximum atomic E-state index is 6.06. The second-order valence-corrected chi connectivity index (χ2v) is 5.51. The molecule has 0 aliphatic heterocycles. The molecule has 0 unspecified atom stereocenters. The summed E-state index contributed by atoms with van der Waals surface area (Å²) in [5, 5.41) is 8.62. The molecule has 21 heavy (non-hydrogen) atoms. The van der Waals surface area contributed by atoms with Crippen LogP contribution in [0.15, 0.2) is 53.6 Å². The molecule has 2 aromatic carbocycles. The number of hydrazone groups is 1. The zero-order chi connectivity index (χ0) is 15.2. The fourth-order valence-electron chi connectivity index (χ4n) is 1.62. The molecule has 6 heteroatoms. The zero-order valence-electron chi connectivity index (χ0n) is 11.2. The third kappa shape index (κ3) is 4.70. The van der Waals surface area contributed by atoms with E-state index in [2.05, 4.69) is 15.8 Å². The lowest BCUT2D eigenvalue weighted by molar-refractivity contribution is 1.04. The molecule has 0 fully saturated rings. The molecule has 0 atom stereocenters. The van der Waals surface area contributed by atoms with Gasteiger partial charge in [0.15, 0.2) is 5.11 Å². The maximum absolute atomic E-state index is 6.06. The monoisotopic (exact) mass is 337 g/mol. The molecule has 0 aliphatic carbocycles. The fourth-order valence-corrected chi connectivity index (χ4v) is 2.23.